The summed E-state index contributed by atoms with van der Waals surface area (Å²) in [5.74, 6) is 1.96. The average Bonchev–Trinajstić information content (AvgIpc) is 3.87. The molecule has 6 rings (SSSR count). The summed E-state index contributed by atoms with van der Waals surface area (Å²) in [5.41, 5.74) is 7.14. The van der Waals surface area contributed by atoms with Crippen LogP contribution in [-0.2, 0) is 13.1 Å². The molecule has 7 nitrogen and oxygen atoms in total. The lowest BCUT2D eigenvalue weighted by Gasteiger charge is -2.23. The SMILES string of the molecule is COc1ccc(C(=O)N(Cc2cccc(-c3ccc4ncnc(NCc5cccc(C)c5)c4c3)c2)C2CC2)cc1OC. The average molecular weight is 559 g/mol. The van der Waals surface area contributed by atoms with E-state index in [4.69, 9.17) is 9.47 Å². The molecule has 0 atom stereocenters. The Labute approximate surface area is 246 Å². The first-order chi connectivity index (χ1) is 20.5. The normalized spacial score (nSPS) is 12.6. The fourth-order valence-electron chi connectivity index (χ4n) is 5.32. The van der Waals surface area contributed by atoms with Gasteiger partial charge in [-0.15, -0.1) is 0 Å². The van der Waals surface area contributed by atoms with Gasteiger partial charge in [-0.05, 0) is 78.4 Å². The lowest BCUT2D eigenvalue weighted by atomic mass is 10.0. The van der Waals surface area contributed by atoms with Gasteiger partial charge in [-0.1, -0.05) is 54.1 Å². The zero-order valence-electron chi connectivity index (χ0n) is 24.1. The van der Waals surface area contributed by atoms with Gasteiger partial charge in [-0.25, -0.2) is 9.97 Å². The number of hydrogen-bond acceptors (Lipinski definition) is 6. The number of methoxy groups -OCH3 is 2. The molecule has 1 heterocycles. The Balaban J connectivity index is 1.25. The van der Waals surface area contributed by atoms with E-state index in [-0.39, 0.29) is 11.9 Å². The molecule has 0 aliphatic heterocycles. The van der Waals surface area contributed by atoms with Crippen molar-refractivity contribution in [2.24, 2.45) is 0 Å². The van der Waals surface area contributed by atoms with Crippen molar-refractivity contribution in [1.29, 1.82) is 0 Å². The summed E-state index contributed by atoms with van der Waals surface area (Å²) in [6, 6.07) is 28.7. The molecule has 5 aromatic rings. The Morgan fingerprint density at radius 1 is 0.857 bits per heavy atom. The van der Waals surface area contributed by atoms with Crippen LogP contribution in [0.25, 0.3) is 22.0 Å². The molecular weight excluding hydrogens is 524 g/mol. The van der Waals surface area contributed by atoms with Gasteiger partial charge in [-0.3, -0.25) is 4.79 Å². The van der Waals surface area contributed by atoms with Gasteiger partial charge in [0, 0.05) is 30.1 Å². The summed E-state index contributed by atoms with van der Waals surface area (Å²) < 4.78 is 10.8. The van der Waals surface area contributed by atoms with Gasteiger partial charge < -0.3 is 19.7 Å². The number of nitrogens with one attached hydrogen (secondary N) is 1. The van der Waals surface area contributed by atoms with Crippen molar-refractivity contribution >= 4 is 22.6 Å². The number of hydrogen-bond donors (Lipinski definition) is 1. The van der Waals surface area contributed by atoms with Gasteiger partial charge >= 0.3 is 0 Å². The van der Waals surface area contributed by atoms with Crippen LogP contribution in [-0.4, -0.2) is 41.0 Å². The van der Waals surface area contributed by atoms with Crippen LogP contribution in [0.5, 0.6) is 11.5 Å². The Morgan fingerprint density at radius 3 is 2.43 bits per heavy atom. The van der Waals surface area contributed by atoms with Crippen LogP contribution in [0.4, 0.5) is 5.82 Å². The summed E-state index contributed by atoms with van der Waals surface area (Å²) >= 11 is 0. The van der Waals surface area contributed by atoms with Crippen molar-refractivity contribution in [1.82, 2.24) is 14.9 Å². The number of aryl methyl sites for hydroxylation is 1. The van der Waals surface area contributed by atoms with E-state index in [0.717, 1.165) is 46.3 Å². The molecule has 1 fully saturated rings. The molecule has 0 radical (unpaired) electrons. The van der Waals surface area contributed by atoms with Crippen molar-refractivity contribution in [2.45, 2.75) is 38.9 Å². The third-order valence-corrected chi connectivity index (χ3v) is 7.67. The second kappa shape index (κ2) is 11.9. The maximum absolute atomic E-state index is 13.6. The van der Waals surface area contributed by atoms with Gasteiger partial charge in [-0.2, -0.15) is 0 Å². The quantitative estimate of drug-likeness (QED) is 0.198. The molecule has 0 unspecified atom stereocenters. The molecule has 0 spiro atoms. The van der Waals surface area contributed by atoms with E-state index in [9.17, 15) is 4.79 Å². The minimum absolute atomic E-state index is 0.00367. The highest BCUT2D eigenvalue weighted by Crippen LogP contribution is 2.34. The molecule has 7 heteroatoms. The van der Waals surface area contributed by atoms with Crippen molar-refractivity contribution < 1.29 is 14.3 Å². The number of nitrogens with zero attached hydrogens (tertiary/aromatic N) is 3. The third-order valence-electron chi connectivity index (χ3n) is 7.67. The van der Waals surface area contributed by atoms with E-state index in [2.05, 4.69) is 82.9 Å². The van der Waals surface area contributed by atoms with Crippen LogP contribution >= 0.6 is 0 Å². The van der Waals surface area contributed by atoms with E-state index in [1.807, 2.05) is 11.0 Å². The molecule has 1 aliphatic carbocycles. The van der Waals surface area contributed by atoms with Gasteiger partial charge in [0.05, 0.1) is 19.7 Å². The second-order valence-electron chi connectivity index (χ2n) is 10.7. The zero-order chi connectivity index (χ0) is 29.1. The van der Waals surface area contributed by atoms with Crippen LogP contribution < -0.4 is 14.8 Å². The highest BCUT2D eigenvalue weighted by atomic mass is 16.5. The fourth-order valence-corrected chi connectivity index (χ4v) is 5.32. The second-order valence-corrected chi connectivity index (χ2v) is 10.7. The van der Waals surface area contributed by atoms with Crippen molar-refractivity contribution in [3.63, 3.8) is 0 Å². The van der Waals surface area contributed by atoms with Crippen LogP contribution in [0.15, 0.2) is 91.3 Å². The monoisotopic (exact) mass is 558 g/mol. The number of amides is 1. The number of carbonyl (C=O) groups is 1. The van der Waals surface area contributed by atoms with Gasteiger partial charge in [0.15, 0.2) is 11.5 Å². The first-order valence-electron chi connectivity index (χ1n) is 14.2. The molecule has 1 aromatic heterocycles. The minimum atomic E-state index is -0.00367. The van der Waals surface area contributed by atoms with Gasteiger partial charge in [0.1, 0.15) is 12.1 Å². The lowest BCUT2D eigenvalue weighted by Crippen LogP contribution is -2.32. The molecule has 1 saturated carbocycles. The smallest absolute Gasteiger partial charge is 0.254 e. The Bertz CT molecular complexity index is 1750. The first kappa shape index (κ1) is 27.3. The molecule has 1 amide bonds. The number of fused-ring (bicyclic) bond motifs is 1. The Hall–Kier alpha value is -4.91. The third kappa shape index (κ3) is 5.91. The minimum Gasteiger partial charge on any atom is -0.493 e. The number of ether oxygens (including phenoxy) is 2. The highest BCUT2D eigenvalue weighted by Gasteiger charge is 2.33. The van der Waals surface area contributed by atoms with Crippen LogP contribution in [0, 0.1) is 6.92 Å². The van der Waals surface area contributed by atoms with Gasteiger partial charge in [0.2, 0.25) is 0 Å². The summed E-state index contributed by atoms with van der Waals surface area (Å²) in [6.07, 6.45) is 3.63. The van der Waals surface area contributed by atoms with E-state index in [0.29, 0.717) is 30.2 Å². The van der Waals surface area contributed by atoms with Crippen molar-refractivity contribution in [3.05, 3.63) is 114 Å². The molecule has 1 aliphatic rings. The van der Waals surface area contributed by atoms with Gasteiger partial charge in [0.25, 0.3) is 5.91 Å². The molecule has 0 saturated heterocycles. The van der Waals surface area contributed by atoms with Crippen LogP contribution in [0.1, 0.15) is 39.9 Å². The maximum atomic E-state index is 13.6. The van der Waals surface area contributed by atoms with E-state index >= 15 is 0 Å². The summed E-state index contributed by atoms with van der Waals surface area (Å²) in [6.45, 7) is 3.31. The Morgan fingerprint density at radius 2 is 1.64 bits per heavy atom. The number of carbonyl (C=O) groups excluding carboxylic acids is 1. The molecule has 4 aromatic carbocycles. The number of anilines is 1. The predicted octanol–water partition coefficient (Wildman–Crippen LogP) is 7.04. The van der Waals surface area contributed by atoms with E-state index < -0.39 is 0 Å². The summed E-state index contributed by atoms with van der Waals surface area (Å²) in [4.78, 5) is 24.6. The molecule has 42 heavy (non-hydrogen) atoms. The van der Waals surface area contributed by atoms with Crippen molar-refractivity contribution in [3.8, 4) is 22.6 Å². The summed E-state index contributed by atoms with van der Waals surface area (Å²) in [5, 5.41) is 4.47. The number of rotatable bonds is 10. The van der Waals surface area contributed by atoms with E-state index in [1.165, 1.54) is 11.1 Å². The highest BCUT2D eigenvalue weighted by molar-refractivity contribution is 5.95. The van der Waals surface area contributed by atoms with Crippen molar-refractivity contribution in [2.75, 3.05) is 19.5 Å². The van der Waals surface area contributed by atoms with Crippen LogP contribution in [0.2, 0.25) is 0 Å². The zero-order valence-corrected chi connectivity index (χ0v) is 24.1. The first-order valence-corrected chi connectivity index (χ1v) is 14.2. The van der Waals surface area contributed by atoms with Crippen LogP contribution in [0.3, 0.4) is 0 Å². The van der Waals surface area contributed by atoms with E-state index in [1.54, 1.807) is 38.7 Å². The number of benzene rings is 4. The maximum Gasteiger partial charge on any atom is 0.254 e. The molecule has 212 valence electrons. The fraction of sp³-hybridized carbons (Fsp3) is 0.229. The topological polar surface area (TPSA) is 76.6 Å². The Kier molecular flexibility index (Phi) is 7.73. The standard InChI is InChI=1S/C35H34N4O3/c1-23-6-4-7-24(16-23)20-36-34-30-18-27(10-14-31(30)37-22-38-34)26-9-5-8-25(17-26)21-39(29-12-13-29)35(40)28-11-15-32(41-2)33(19-28)42-3/h4-11,14-19,22,29H,12-13,20-21H2,1-3H3,(H,36,37,38). The lowest BCUT2D eigenvalue weighted by molar-refractivity contribution is 0.0729. The molecular formula is C35H34N4O3. The molecule has 0 bridgehead atoms. The largest absolute Gasteiger partial charge is 0.493 e. The molecule has 1 N–H and O–H groups in total. The number of aromatic nitrogens is 2. The predicted molar refractivity (Wildman–Crippen MR) is 166 cm³/mol. The summed E-state index contributed by atoms with van der Waals surface area (Å²) in [7, 11) is 3.17.